The zero-order chi connectivity index (χ0) is 14.8. The molecule has 2 atom stereocenters. The first kappa shape index (κ1) is 15.5. The Labute approximate surface area is 122 Å². The van der Waals surface area contributed by atoms with Crippen molar-refractivity contribution in [1.82, 2.24) is 10.2 Å². The summed E-state index contributed by atoms with van der Waals surface area (Å²) in [6, 6.07) is 5.66. The van der Waals surface area contributed by atoms with Crippen LogP contribution in [-0.2, 0) is 6.54 Å². The van der Waals surface area contributed by atoms with Crippen molar-refractivity contribution in [1.29, 1.82) is 0 Å². The number of halogens is 1. The molecule has 2 nitrogen and oxygen atoms in total. The Bertz CT molecular complexity index is 460. The number of rotatable bonds is 4. The molecule has 112 valence electrons. The highest BCUT2D eigenvalue weighted by molar-refractivity contribution is 5.26. The van der Waals surface area contributed by atoms with E-state index in [9.17, 15) is 4.39 Å². The van der Waals surface area contributed by atoms with Crippen LogP contribution in [0.1, 0.15) is 44.7 Å². The number of piperazine rings is 1. The van der Waals surface area contributed by atoms with Crippen molar-refractivity contribution in [2.75, 3.05) is 13.1 Å². The van der Waals surface area contributed by atoms with Gasteiger partial charge in [0.25, 0.3) is 0 Å². The number of hydrogen-bond donors (Lipinski definition) is 1. The lowest BCUT2D eigenvalue weighted by Gasteiger charge is -2.48. The Morgan fingerprint density at radius 2 is 2.15 bits per heavy atom. The SMILES string of the molecule is CCC1CN(Cc2cc(F)ccc2C)C(C)(CC)CN1. The molecule has 0 aliphatic carbocycles. The highest BCUT2D eigenvalue weighted by atomic mass is 19.1. The molecule has 20 heavy (non-hydrogen) atoms. The Kier molecular flexibility index (Phi) is 4.82. The molecule has 1 aromatic rings. The fraction of sp³-hybridized carbons (Fsp3) is 0.647. The van der Waals surface area contributed by atoms with Crippen LogP contribution in [0.25, 0.3) is 0 Å². The Balaban J connectivity index is 2.20. The van der Waals surface area contributed by atoms with E-state index < -0.39 is 0 Å². The number of nitrogens with one attached hydrogen (secondary N) is 1. The fourth-order valence-electron chi connectivity index (χ4n) is 2.92. The second-order valence-electron chi connectivity index (χ2n) is 6.29. The highest BCUT2D eigenvalue weighted by Crippen LogP contribution is 2.26. The van der Waals surface area contributed by atoms with Crippen molar-refractivity contribution in [3.8, 4) is 0 Å². The molecule has 1 heterocycles. The van der Waals surface area contributed by atoms with E-state index in [4.69, 9.17) is 0 Å². The van der Waals surface area contributed by atoms with Gasteiger partial charge in [-0.15, -0.1) is 0 Å². The summed E-state index contributed by atoms with van der Waals surface area (Å²) in [6.07, 6.45) is 2.24. The van der Waals surface area contributed by atoms with Crippen molar-refractivity contribution in [3.63, 3.8) is 0 Å². The van der Waals surface area contributed by atoms with Gasteiger partial charge >= 0.3 is 0 Å². The summed E-state index contributed by atoms with van der Waals surface area (Å²) in [6.45, 7) is 11.7. The molecule has 1 aromatic carbocycles. The molecular weight excluding hydrogens is 251 g/mol. The fourth-order valence-corrected chi connectivity index (χ4v) is 2.92. The molecule has 2 rings (SSSR count). The van der Waals surface area contributed by atoms with E-state index in [1.165, 1.54) is 5.56 Å². The average Bonchev–Trinajstić information content (AvgIpc) is 2.45. The first-order valence-corrected chi connectivity index (χ1v) is 7.72. The van der Waals surface area contributed by atoms with Crippen molar-refractivity contribution >= 4 is 0 Å². The quantitative estimate of drug-likeness (QED) is 0.907. The average molecular weight is 278 g/mol. The molecule has 1 N–H and O–H groups in total. The first-order valence-electron chi connectivity index (χ1n) is 7.72. The molecule has 0 aromatic heterocycles. The molecule has 1 aliphatic heterocycles. The standard InChI is InChI=1S/C17H27FN2/c1-5-16-11-20(17(4,6-2)12-19-16)10-14-9-15(18)8-7-13(14)3/h7-9,16,19H,5-6,10-12H2,1-4H3. The predicted molar refractivity (Wildman–Crippen MR) is 82.3 cm³/mol. The molecular formula is C17H27FN2. The minimum Gasteiger partial charge on any atom is -0.311 e. The summed E-state index contributed by atoms with van der Waals surface area (Å²) in [5, 5.41) is 3.64. The molecule has 0 spiro atoms. The van der Waals surface area contributed by atoms with Gasteiger partial charge in [-0.25, -0.2) is 4.39 Å². The third-order valence-corrected chi connectivity index (χ3v) is 4.90. The molecule has 0 bridgehead atoms. The van der Waals surface area contributed by atoms with E-state index in [0.29, 0.717) is 6.04 Å². The van der Waals surface area contributed by atoms with Gasteiger partial charge in [-0.3, -0.25) is 4.90 Å². The van der Waals surface area contributed by atoms with Crippen LogP contribution in [0, 0.1) is 12.7 Å². The van der Waals surface area contributed by atoms with Crippen LogP contribution in [-0.4, -0.2) is 29.6 Å². The van der Waals surface area contributed by atoms with E-state index in [1.807, 2.05) is 6.07 Å². The molecule has 1 fully saturated rings. The molecule has 1 aliphatic rings. The third kappa shape index (κ3) is 3.21. The normalized spacial score (nSPS) is 27.8. The van der Waals surface area contributed by atoms with Gasteiger partial charge in [0.1, 0.15) is 5.82 Å². The van der Waals surface area contributed by atoms with Crippen molar-refractivity contribution < 1.29 is 4.39 Å². The molecule has 2 unspecified atom stereocenters. The number of benzene rings is 1. The van der Waals surface area contributed by atoms with Crippen LogP contribution in [0.3, 0.4) is 0 Å². The van der Waals surface area contributed by atoms with E-state index in [0.717, 1.165) is 38.0 Å². The largest absolute Gasteiger partial charge is 0.311 e. The number of aryl methyl sites for hydroxylation is 1. The van der Waals surface area contributed by atoms with Crippen LogP contribution in [0.15, 0.2) is 18.2 Å². The Morgan fingerprint density at radius 1 is 1.40 bits per heavy atom. The maximum atomic E-state index is 13.5. The van der Waals surface area contributed by atoms with E-state index in [2.05, 4.69) is 37.9 Å². The second kappa shape index (κ2) is 6.23. The summed E-state index contributed by atoms with van der Waals surface area (Å²) in [5.41, 5.74) is 2.45. The van der Waals surface area contributed by atoms with Crippen molar-refractivity contribution in [2.45, 2.75) is 58.7 Å². The van der Waals surface area contributed by atoms with Gasteiger partial charge in [0.15, 0.2) is 0 Å². The van der Waals surface area contributed by atoms with Crippen LogP contribution >= 0.6 is 0 Å². The first-order chi connectivity index (χ1) is 9.48. The van der Waals surface area contributed by atoms with Crippen LogP contribution in [0.2, 0.25) is 0 Å². The Morgan fingerprint density at radius 3 is 2.80 bits per heavy atom. The smallest absolute Gasteiger partial charge is 0.123 e. The summed E-state index contributed by atoms with van der Waals surface area (Å²) >= 11 is 0. The van der Waals surface area contributed by atoms with E-state index in [-0.39, 0.29) is 11.4 Å². The number of hydrogen-bond acceptors (Lipinski definition) is 2. The second-order valence-corrected chi connectivity index (χ2v) is 6.29. The van der Waals surface area contributed by atoms with Gasteiger partial charge in [0.05, 0.1) is 0 Å². The molecule has 0 amide bonds. The molecule has 0 radical (unpaired) electrons. The molecule has 1 saturated heterocycles. The van der Waals surface area contributed by atoms with Crippen molar-refractivity contribution in [3.05, 3.63) is 35.1 Å². The summed E-state index contributed by atoms with van der Waals surface area (Å²) < 4.78 is 13.5. The number of nitrogens with zero attached hydrogens (tertiary/aromatic N) is 1. The Hall–Kier alpha value is -0.930. The predicted octanol–water partition coefficient (Wildman–Crippen LogP) is 3.49. The van der Waals surface area contributed by atoms with E-state index >= 15 is 0 Å². The summed E-state index contributed by atoms with van der Waals surface area (Å²) in [5.74, 6) is -0.133. The third-order valence-electron chi connectivity index (χ3n) is 4.90. The van der Waals surface area contributed by atoms with Gasteiger partial charge in [-0.05, 0) is 49.9 Å². The maximum absolute atomic E-state index is 13.5. The lowest BCUT2D eigenvalue weighted by Crippen LogP contribution is -2.62. The minimum atomic E-state index is -0.133. The lowest BCUT2D eigenvalue weighted by atomic mass is 9.90. The highest BCUT2D eigenvalue weighted by Gasteiger charge is 2.35. The van der Waals surface area contributed by atoms with E-state index in [1.54, 1.807) is 12.1 Å². The van der Waals surface area contributed by atoms with Crippen LogP contribution in [0.5, 0.6) is 0 Å². The van der Waals surface area contributed by atoms with Gasteiger partial charge < -0.3 is 5.32 Å². The topological polar surface area (TPSA) is 15.3 Å². The summed E-state index contributed by atoms with van der Waals surface area (Å²) in [4.78, 5) is 2.53. The summed E-state index contributed by atoms with van der Waals surface area (Å²) in [7, 11) is 0. The van der Waals surface area contributed by atoms with Gasteiger partial charge in [-0.1, -0.05) is 19.9 Å². The zero-order valence-electron chi connectivity index (χ0n) is 13.2. The van der Waals surface area contributed by atoms with Gasteiger partial charge in [0, 0.05) is 31.2 Å². The lowest BCUT2D eigenvalue weighted by molar-refractivity contribution is 0.0406. The van der Waals surface area contributed by atoms with Crippen LogP contribution < -0.4 is 5.32 Å². The van der Waals surface area contributed by atoms with Crippen LogP contribution in [0.4, 0.5) is 4.39 Å². The molecule has 3 heteroatoms. The zero-order valence-corrected chi connectivity index (χ0v) is 13.2. The van der Waals surface area contributed by atoms with Gasteiger partial charge in [0.2, 0.25) is 0 Å². The monoisotopic (exact) mass is 278 g/mol. The van der Waals surface area contributed by atoms with Crippen molar-refractivity contribution in [2.24, 2.45) is 0 Å². The minimum absolute atomic E-state index is 0.133. The maximum Gasteiger partial charge on any atom is 0.123 e. The molecule has 0 saturated carbocycles. The van der Waals surface area contributed by atoms with Gasteiger partial charge in [-0.2, -0.15) is 0 Å².